The molecule has 3 N–H and O–H groups in total. The fourth-order valence-electron chi connectivity index (χ4n) is 2.11. The van der Waals surface area contributed by atoms with Crippen molar-refractivity contribution in [1.82, 2.24) is 9.97 Å². The van der Waals surface area contributed by atoms with Gasteiger partial charge in [0.2, 0.25) is 0 Å². The highest BCUT2D eigenvalue weighted by Gasteiger charge is 2.18. The Hall–Kier alpha value is -2.34. The SMILES string of the molecule is CC1=CC(C)=Nc2c(c(Cl)cc3nc(O)c(O)nc23)N1. The highest BCUT2D eigenvalue weighted by molar-refractivity contribution is 6.35. The first-order chi connectivity index (χ1) is 9.45. The van der Waals surface area contributed by atoms with Crippen LogP contribution in [0.1, 0.15) is 13.8 Å². The molecule has 0 radical (unpaired) electrons. The number of aromatic hydroxyl groups is 2. The van der Waals surface area contributed by atoms with Crippen molar-refractivity contribution >= 4 is 39.7 Å². The average molecular weight is 291 g/mol. The van der Waals surface area contributed by atoms with Gasteiger partial charge in [-0.25, -0.2) is 15.0 Å². The molecule has 102 valence electrons. The highest BCUT2D eigenvalue weighted by atomic mass is 35.5. The first kappa shape index (κ1) is 12.7. The number of rotatable bonds is 0. The maximum atomic E-state index is 9.54. The molecule has 0 atom stereocenters. The molecule has 0 bridgehead atoms. The minimum absolute atomic E-state index is 0.363. The van der Waals surface area contributed by atoms with Crippen molar-refractivity contribution in [2.75, 3.05) is 5.32 Å². The van der Waals surface area contributed by atoms with Crippen LogP contribution in [0.2, 0.25) is 5.02 Å². The number of fused-ring (bicyclic) bond motifs is 3. The summed E-state index contributed by atoms with van der Waals surface area (Å²) in [7, 11) is 0. The predicted octanol–water partition coefficient (Wildman–Crippen LogP) is 3.12. The zero-order chi connectivity index (χ0) is 14.4. The second kappa shape index (κ2) is 4.35. The van der Waals surface area contributed by atoms with Gasteiger partial charge in [0.1, 0.15) is 11.2 Å². The molecule has 0 unspecified atom stereocenters. The molecular formula is C13H11ClN4O2. The third-order valence-corrected chi connectivity index (χ3v) is 3.18. The summed E-state index contributed by atoms with van der Waals surface area (Å²) in [5, 5.41) is 22.5. The molecule has 0 spiro atoms. The molecule has 0 saturated heterocycles. The summed E-state index contributed by atoms with van der Waals surface area (Å²) < 4.78 is 0. The van der Waals surface area contributed by atoms with E-state index >= 15 is 0 Å². The molecule has 1 aromatic heterocycles. The molecule has 1 aliphatic heterocycles. The monoisotopic (exact) mass is 290 g/mol. The Morgan fingerprint density at radius 3 is 2.60 bits per heavy atom. The minimum atomic E-state index is -0.538. The van der Waals surface area contributed by atoms with Gasteiger partial charge in [-0.1, -0.05) is 11.6 Å². The summed E-state index contributed by atoms with van der Waals surface area (Å²) >= 11 is 6.23. The third-order valence-electron chi connectivity index (χ3n) is 2.89. The van der Waals surface area contributed by atoms with Gasteiger partial charge in [-0.3, -0.25) is 0 Å². The lowest BCUT2D eigenvalue weighted by Crippen LogP contribution is -1.97. The zero-order valence-electron chi connectivity index (χ0n) is 10.8. The van der Waals surface area contributed by atoms with E-state index < -0.39 is 11.8 Å². The molecule has 6 nitrogen and oxygen atoms in total. The Morgan fingerprint density at radius 1 is 1.15 bits per heavy atom. The summed E-state index contributed by atoms with van der Waals surface area (Å²) in [6.45, 7) is 3.75. The van der Waals surface area contributed by atoms with Crippen LogP contribution in [-0.2, 0) is 0 Å². The van der Waals surface area contributed by atoms with Gasteiger partial charge in [0.25, 0.3) is 11.8 Å². The van der Waals surface area contributed by atoms with Crippen molar-refractivity contribution in [3.8, 4) is 11.8 Å². The van der Waals surface area contributed by atoms with Gasteiger partial charge >= 0.3 is 0 Å². The highest BCUT2D eigenvalue weighted by Crippen LogP contribution is 2.41. The van der Waals surface area contributed by atoms with Gasteiger partial charge in [-0.2, -0.15) is 0 Å². The van der Waals surface area contributed by atoms with Gasteiger partial charge in [-0.15, -0.1) is 0 Å². The first-order valence-corrected chi connectivity index (χ1v) is 6.26. The maximum absolute atomic E-state index is 9.54. The number of benzene rings is 1. The molecule has 7 heteroatoms. The van der Waals surface area contributed by atoms with Crippen LogP contribution in [-0.4, -0.2) is 25.9 Å². The van der Waals surface area contributed by atoms with Crippen LogP contribution in [0.3, 0.4) is 0 Å². The summed E-state index contributed by atoms with van der Waals surface area (Å²) in [6.07, 6.45) is 1.87. The first-order valence-electron chi connectivity index (χ1n) is 5.88. The number of hydrogen-bond donors (Lipinski definition) is 3. The van der Waals surface area contributed by atoms with Crippen LogP contribution in [0, 0.1) is 0 Å². The number of nitrogens with zero attached hydrogens (tertiary/aromatic N) is 3. The van der Waals surface area contributed by atoms with Crippen molar-refractivity contribution in [1.29, 1.82) is 0 Å². The van der Waals surface area contributed by atoms with Crippen LogP contribution >= 0.6 is 11.6 Å². The number of allylic oxidation sites excluding steroid dienone is 2. The Bertz CT molecular complexity index is 799. The van der Waals surface area contributed by atoms with Crippen molar-refractivity contribution in [3.05, 3.63) is 22.9 Å². The van der Waals surface area contributed by atoms with E-state index in [9.17, 15) is 10.2 Å². The lowest BCUT2D eigenvalue weighted by Gasteiger charge is -2.12. The summed E-state index contributed by atoms with van der Waals surface area (Å²) in [5.41, 5.74) is 3.48. The fraction of sp³-hybridized carbons (Fsp3) is 0.154. The van der Waals surface area contributed by atoms with Crippen LogP contribution < -0.4 is 5.32 Å². The Balaban J connectivity index is 2.42. The topological polar surface area (TPSA) is 90.6 Å². The molecule has 0 fully saturated rings. The smallest absolute Gasteiger partial charge is 0.276 e. The second-order valence-electron chi connectivity index (χ2n) is 4.53. The minimum Gasteiger partial charge on any atom is -0.489 e. The molecule has 20 heavy (non-hydrogen) atoms. The summed E-state index contributed by atoms with van der Waals surface area (Å²) in [4.78, 5) is 12.3. The Labute approximate surface area is 119 Å². The number of aromatic nitrogens is 2. The summed E-state index contributed by atoms with van der Waals surface area (Å²) in [5.74, 6) is -1.08. The van der Waals surface area contributed by atoms with Crippen molar-refractivity contribution < 1.29 is 10.2 Å². The molecule has 0 amide bonds. The van der Waals surface area contributed by atoms with Crippen LogP contribution in [0.15, 0.2) is 22.8 Å². The van der Waals surface area contributed by atoms with Gasteiger partial charge in [0.15, 0.2) is 0 Å². The van der Waals surface area contributed by atoms with E-state index in [4.69, 9.17) is 11.6 Å². The van der Waals surface area contributed by atoms with Crippen molar-refractivity contribution in [2.45, 2.75) is 13.8 Å². The summed E-state index contributed by atoms with van der Waals surface area (Å²) in [6, 6.07) is 1.57. The van der Waals surface area contributed by atoms with E-state index in [1.807, 2.05) is 19.9 Å². The van der Waals surface area contributed by atoms with Crippen molar-refractivity contribution in [3.63, 3.8) is 0 Å². The number of hydrogen-bond acceptors (Lipinski definition) is 6. The van der Waals surface area contributed by atoms with Gasteiger partial charge in [0, 0.05) is 11.4 Å². The van der Waals surface area contributed by atoms with Crippen LogP contribution in [0.4, 0.5) is 11.4 Å². The lowest BCUT2D eigenvalue weighted by atomic mass is 10.2. The normalized spacial score (nSPS) is 14.2. The van der Waals surface area contributed by atoms with E-state index in [2.05, 4.69) is 20.3 Å². The van der Waals surface area contributed by atoms with Gasteiger partial charge < -0.3 is 15.5 Å². The standard InChI is InChI=1S/C13H11ClN4O2/c1-5-3-6(2)16-11-9(15-5)7(14)4-8-10(11)18-13(20)12(19)17-8/h3-4,15H,1-2H3,(H,17,19)(H,18,20). The molecular weight excluding hydrogens is 280 g/mol. The number of nitrogens with one attached hydrogen (secondary N) is 1. The van der Waals surface area contributed by atoms with Crippen LogP contribution in [0.5, 0.6) is 11.8 Å². The molecule has 0 saturated carbocycles. The predicted molar refractivity (Wildman–Crippen MR) is 78.0 cm³/mol. The Morgan fingerprint density at radius 2 is 1.85 bits per heavy atom. The molecule has 2 heterocycles. The fourth-order valence-corrected chi connectivity index (χ4v) is 2.35. The Kier molecular flexibility index (Phi) is 2.76. The molecule has 0 aliphatic carbocycles. The number of halogens is 1. The third kappa shape index (κ3) is 1.94. The molecule has 3 rings (SSSR count). The van der Waals surface area contributed by atoms with Crippen LogP contribution in [0.25, 0.3) is 11.0 Å². The largest absolute Gasteiger partial charge is 0.489 e. The zero-order valence-corrected chi connectivity index (χ0v) is 11.5. The van der Waals surface area contributed by atoms with E-state index in [0.717, 1.165) is 11.4 Å². The van der Waals surface area contributed by atoms with Gasteiger partial charge in [-0.05, 0) is 26.0 Å². The van der Waals surface area contributed by atoms with E-state index in [-0.39, 0.29) is 0 Å². The number of anilines is 1. The van der Waals surface area contributed by atoms with E-state index in [0.29, 0.717) is 27.4 Å². The molecule has 1 aliphatic rings. The second-order valence-corrected chi connectivity index (χ2v) is 4.93. The lowest BCUT2D eigenvalue weighted by molar-refractivity contribution is 0.378. The van der Waals surface area contributed by atoms with Gasteiger partial charge in [0.05, 0.1) is 16.2 Å². The molecule has 2 aromatic rings. The van der Waals surface area contributed by atoms with E-state index in [1.165, 1.54) is 0 Å². The quantitative estimate of drug-likeness (QED) is 0.693. The average Bonchev–Trinajstić information content (AvgIpc) is 2.50. The van der Waals surface area contributed by atoms with E-state index in [1.54, 1.807) is 6.07 Å². The molecule has 1 aromatic carbocycles. The maximum Gasteiger partial charge on any atom is 0.276 e. The van der Waals surface area contributed by atoms with Crippen molar-refractivity contribution in [2.24, 2.45) is 4.99 Å². The number of aliphatic imine (C=N–C) groups is 1.